The lowest BCUT2D eigenvalue weighted by atomic mass is 10.00. The smallest absolute Gasteiger partial charge is 0.260 e. The molecule has 4 rings (SSSR count). The molecule has 5 nitrogen and oxygen atoms in total. The van der Waals surface area contributed by atoms with Gasteiger partial charge in [-0.2, -0.15) is 0 Å². The molecule has 0 spiro atoms. The summed E-state index contributed by atoms with van der Waals surface area (Å²) in [5, 5.41) is 0. The van der Waals surface area contributed by atoms with Crippen LogP contribution in [0.2, 0.25) is 0 Å². The number of fused-ring (bicyclic) bond motifs is 1. The number of hydrogen-bond donors (Lipinski definition) is 1. The Kier molecular flexibility index (Phi) is 4.52. The largest absolute Gasteiger partial charge is 0.308 e. The molecule has 3 aromatic rings. The van der Waals surface area contributed by atoms with Gasteiger partial charge in [0, 0.05) is 23.5 Å². The van der Waals surface area contributed by atoms with E-state index in [-0.39, 0.29) is 11.9 Å². The molecule has 0 saturated carbocycles. The summed E-state index contributed by atoms with van der Waals surface area (Å²) in [6.45, 7) is 1.92. The van der Waals surface area contributed by atoms with Crippen LogP contribution in [0.25, 0.3) is 0 Å². The van der Waals surface area contributed by atoms with Gasteiger partial charge >= 0.3 is 0 Å². The van der Waals surface area contributed by atoms with E-state index in [1.165, 1.54) is 0 Å². The zero-order valence-electron chi connectivity index (χ0n) is 15.0. The van der Waals surface area contributed by atoms with Crippen molar-refractivity contribution in [3.63, 3.8) is 0 Å². The molecule has 1 aliphatic heterocycles. The number of hydrogen-bond acceptors (Lipinski definition) is 4. The normalized spacial score (nSPS) is 19.0. The lowest BCUT2D eigenvalue weighted by Gasteiger charge is -2.30. The maximum absolute atomic E-state index is 13.3. The summed E-state index contributed by atoms with van der Waals surface area (Å²) in [5.74, 6) is -0.136. The number of rotatable bonds is 2. The topological polar surface area (TPSA) is 71.6 Å². The number of benzene rings is 2. The van der Waals surface area contributed by atoms with Crippen LogP contribution in [0.3, 0.4) is 0 Å². The van der Waals surface area contributed by atoms with E-state index in [9.17, 15) is 4.79 Å². The lowest BCUT2D eigenvalue weighted by molar-refractivity contribution is 0.0975. The van der Waals surface area contributed by atoms with Crippen LogP contribution in [0, 0.1) is 0 Å². The van der Waals surface area contributed by atoms with Gasteiger partial charge in [0.15, 0.2) is 0 Å². The fraction of sp³-hybridized carbons (Fsp3) is 0.136. The molecule has 2 unspecified atom stereocenters. The molecule has 0 saturated heterocycles. The third kappa shape index (κ3) is 3.13. The second-order valence-electron chi connectivity index (χ2n) is 6.51. The molecule has 0 aliphatic carbocycles. The molecule has 0 fully saturated rings. The summed E-state index contributed by atoms with van der Waals surface area (Å²) >= 11 is 0. The Bertz CT molecular complexity index is 985. The molecule has 134 valence electrons. The molecule has 2 heterocycles. The van der Waals surface area contributed by atoms with Crippen molar-refractivity contribution in [2.45, 2.75) is 19.1 Å². The summed E-state index contributed by atoms with van der Waals surface area (Å²) in [6, 6.07) is 20.9. The van der Waals surface area contributed by atoms with Crippen molar-refractivity contribution < 1.29 is 4.79 Å². The third-order valence-corrected chi connectivity index (χ3v) is 4.77. The molecule has 1 amide bonds. The number of nitrogens with two attached hydrogens (primary N) is 1. The third-order valence-electron chi connectivity index (χ3n) is 4.77. The molecule has 1 aliphatic rings. The highest BCUT2D eigenvalue weighted by atomic mass is 16.2. The number of aliphatic imine (C=N–C) groups is 1. The fourth-order valence-electron chi connectivity index (χ4n) is 3.33. The van der Waals surface area contributed by atoms with Gasteiger partial charge in [0.25, 0.3) is 5.91 Å². The van der Waals surface area contributed by atoms with E-state index in [0.717, 1.165) is 22.5 Å². The predicted octanol–water partition coefficient (Wildman–Crippen LogP) is 3.25. The zero-order valence-corrected chi connectivity index (χ0v) is 15.0. The van der Waals surface area contributed by atoms with Crippen LogP contribution in [0.1, 0.15) is 28.4 Å². The number of carbonyl (C=O) groups excluding carboxylic acids is 1. The van der Waals surface area contributed by atoms with Gasteiger partial charge < -0.3 is 10.6 Å². The zero-order chi connectivity index (χ0) is 18.8. The van der Waals surface area contributed by atoms with Gasteiger partial charge in [-0.25, -0.2) is 0 Å². The van der Waals surface area contributed by atoms with Crippen LogP contribution in [0.5, 0.6) is 0 Å². The van der Waals surface area contributed by atoms with Gasteiger partial charge in [0.05, 0.1) is 23.0 Å². The summed E-state index contributed by atoms with van der Waals surface area (Å²) in [4.78, 5) is 23.9. The maximum Gasteiger partial charge on any atom is 0.260 e. The van der Waals surface area contributed by atoms with Crippen LogP contribution in [0.4, 0.5) is 5.69 Å². The van der Waals surface area contributed by atoms with Crippen molar-refractivity contribution in [2.24, 2.45) is 10.7 Å². The number of para-hydroxylation sites is 1. The minimum absolute atomic E-state index is 0.136. The fourth-order valence-corrected chi connectivity index (χ4v) is 3.33. The molecule has 5 heteroatoms. The summed E-state index contributed by atoms with van der Waals surface area (Å²) in [5.41, 5.74) is 10.4. The van der Waals surface area contributed by atoms with Crippen molar-refractivity contribution in [3.8, 4) is 0 Å². The number of anilines is 1. The highest BCUT2D eigenvalue weighted by molar-refractivity contribution is 6.19. The van der Waals surface area contributed by atoms with Gasteiger partial charge in [-0.1, -0.05) is 48.5 Å². The maximum atomic E-state index is 13.3. The average Bonchev–Trinajstić information content (AvgIpc) is 2.84. The van der Waals surface area contributed by atoms with Crippen molar-refractivity contribution in [3.05, 3.63) is 95.8 Å². The van der Waals surface area contributed by atoms with Crippen LogP contribution < -0.4 is 10.6 Å². The monoisotopic (exact) mass is 356 g/mol. The minimum Gasteiger partial charge on any atom is -0.308 e. The highest BCUT2D eigenvalue weighted by Crippen LogP contribution is 2.31. The van der Waals surface area contributed by atoms with Crippen molar-refractivity contribution in [1.29, 1.82) is 0 Å². The van der Waals surface area contributed by atoms with Gasteiger partial charge in [0.2, 0.25) is 0 Å². The van der Waals surface area contributed by atoms with E-state index >= 15 is 0 Å². The van der Waals surface area contributed by atoms with Gasteiger partial charge in [-0.15, -0.1) is 0 Å². The molecular weight excluding hydrogens is 336 g/mol. The Hall–Kier alpha value is -3.31. The lowest BCUT2D eigenvalue weighted by Crippen LogP contribution is -2.47. The first-order valence-electron chi connectivity index (χ1n) is 8.88. The number of nitrogens with zero attached hydrogens (tertiary/aromatic N) is 3. The van der Waals surface area contributed by atoms with Crippen molar-refractivity contribution in [2.75, 3.05) is 4.90 Å². The first-order chi connectivity index (χ1) is 13.2. The SMILES string of the molecule is CC1C(N)N=C(c2ccccc2)c2ccccc2N1C(=O)c1cccnc1. The second kappa shape index (κ2) is 7.13. The van der Waals surface area contributed by atoms with Crippen LogP contribution in [0.15, 0.2) is 84.1 Å². The van der Waals surface area contributed by atoms with E-state index < -0.39 is 6.17 Å². The molecule has 0 radical (unpaired) electrons. The number of pyridine rings is 1. The Morgan fingerprint density at radius 3 is 2.48 bits per heavy atom. The average molecular weight is 356 g/mol. The first kappa shape index (κ1) is 17.1. The summed E-state index contributed by atoms with van der Waals surface area (Å²) in [7, 11) is 0. The molecule has 1 aromatic heterocycles. The molecule has 2 N–H and O–H groups in total. The Labute approximate surface area is 158 Å². The first-order valence-corrected chi connectivity index (χ1v) is 8.88. The molecule has 27 heavy (non-hydrogen) atoms. The second-order valence-corrected chi connectivity index (χ2v) is 6.51. The number of aromatic nitrogens is 1. The quantitative estimate of drug-likeness (QED) is 0.766. The van der Waals surface area contributed by atoms with Crippen LogP contribution in [-0.2, 0) is 0 Å². The van der Waals surface area contributed by atoms with Crippen LogP contribution in [-0.4, -0.2) is 28.8 Å². The van der Waals surface area contributed by atoms with Crippen molar-refractivity contribution in [1.82, 2.24) is 4.98 Å². The summed E-state index contributed by atoms with van der Waals surface area (Å²) < 4.78 is 0. The Morgan fingerprint density at radius 1 is 1.00 bits per heavy atom. The van der Waals surface area contributed by atoms with E-state index in [1.807, 2.05) is 61.5 Å². The highest BCUT2D eigenvalue weighted by Gasteiger charge is 2.33. The molecule has 2 aromatic carbocycles. The number of carbonyl (C=O) groups is 1. The molecule has 2 atom stereocenters. The molecular formula is C22H20N4O. The van der Waals surface area contributed by atoms with E-state index in [1.54, 1.807) is 29.4 Å². The van der Waals surface area contributed by atoms with Crippen molar-refractivity contribution >= 4 is 17.3 Å². The predicted molar refractivity (Wildman–Crippen MR) is 107 cm³/mol. The van der Waals surface area contributed by atoms with Gasteiger partial charge in [-0.05, 0) is 25.1 Å². The van der Waals surface area contributed by atoms with E-state index in [0.29, 0.717) is 5.56 Å². The van der Waals surface area contributed by atoms with E-state index in [4.69, 9.17) is 10.7 Å². The van der Waals surface area contributed by atoms with Crippen LogP contribution >= 0.6 is 0 Å². The number of benzodiazepines with no additional fused rings is 1. The van der Waals surface area contributed by atoms with E-state index in [2.05, 4.69) is 4.98 Å². The summed E-state index contributed by atoms with van der Waals surface area (Å²) in [6.07, 6.45) is 2.68. The molecule has 0 bridgehead atoms. The Balaban J connectivity index is 1.88. The Morgan fingerprint density at radius 2 is 1.74 bits per heavy atom. The minimum atomic E-state index is -0.548. The van der Waals surface area contributed by atoms with Gasteiger partial charge in [0.1, 0.15) is 6.17 Å². The standard InChI is InChI=1S/C22H20N4O/c1-15-21(23)25-20(16-8-3-2-4-9-16)18-11-5-6-12-19(18)26(15)22(27)17-10-7-13-24-14-17/h2-15,21H,23H2,1H3. The number of amides is 1. The van der Waals surface area contributed by atoms with Gasteiger partial charge in [-0.3, -0.25) is 14.8 Å².